The molecule has 31 heavy (non-hydrogen) atoms. The highest BCUT2D eigenvalue weighted by Crippen LogP contribution is 2.49. The summed E-state index contributed by atoms with van der Waals surface area (Å²) >= 11 is 1.14. The Kier molecular flexibility index (Phi) is 5.63. The molecule has 2 aromatic carbocycles. The molecule has 1 heterocycles. The molecule has 11 heteroatoms. The summed E-state index contributed by atoms with van der Waals surface area (Å²) in [5.41, 5.74) is 1.80. The van der Waals surface area contributed by atoms with Gasteiger partial charge in [0, 0.05) is 0 Å². The van der Waals surface area contributed by atoms with Gasteiger partial charge in [-0.15, -0.1) is 11.3 Å². The fourth-order valence-corrected chi connectivity index (χ4v) is 5.92. The Hall–Kier alpha value is -2.34. The van der Waals surface area contributed by atoms with Gasteiger partial charge in [-0.25, -0.2) is 22.2 Å². The first-order chi connectivity index (χ1) is 14.7. The monoisotopic (exact) mass is 469 g/mol. The van der Waals surface area contributed by atoms with E-state index < -0.39 is 39.1 Å². The molecular weight excluding hydrogens is 448 g/mol. The summed E-state index contributed by atoms with van der Waals surface area (Å²) in [7, 11) is -4.04. The number of aryl methyl sites for hydroxylation is 1. The molecule has 1 atom stereocenters. The molecule has 1 unspecified atom stereocenters. The largest absolute Gasteiger partial charge is 0.394 e. The van der Waals surface area contributed by atoms with Crippen LogP contribution in [0.2, 0.25) is 0 Å². The van der Waals surface area contributed by atoms with Crippen LogP contribution in [0.4, 0.5) is 25.8 Å². The van der Waals surface area contributed by atoms with E-state index in [1.54, 1.807) is 13.0 Å². The minimum absolute atomic E-state index is 0.0173. The Morgan fingerprint density at radius 1 is 1.26 bits per heavy atom. The number of nitrogens with one attached hydrogen (secondary N) is 2. The lowest BCUT2D eigenvalue weighted by Crippen LogP contribution is -2.34. The van der Waals surface area contributed by atoms with Crippen molar-refractivity contribution in [3.8, 4) is 0 Å². The minimum Gasteiger partial charge on any atom is -0.394 e. The van der Waals surface area contributed by atoms with Crippen LogP contribution in [0.15, 0.2) is 29.8 Å². The van der Waals surface area contributed by atoms with E-state index in [9.17, 15) is 17.9 Å². The molecule has 1 aromatic heterocycles. The van der Waals surface area contributed by atoms with Crippen molar-refractivity contribution in [2.45, 2.75) is 37.0 Å². The molecule has 166 valence electrons. The zero-order valence-electron chi connectivity index (χ0n) is 16.5. The number of aromatic nitrogens is 1. The molecule has 0 aliphatic heterocycles. The fraction of sp³-hybridized carbons (Fsp3) is 0.350. The summed E-state index contributed by atoms with van der Waals surface area (Å²) in [6.45, 7) is 1.16. The van der Waals surface area contributed by atoms with E-state index in [-0.39, 0.29) is 29.0 Å². The lowest BCUT2D eigenvalue weighted by Gasteiger charge is -2.22. The molecule has 3 aromatic rings. The van der Waals surface area contributed by atoms with E-state index in [1.807, 2.05) is 0 Å². The Labute approximate surface area is 181 Å². The quantitative estimate of drug-likeness (QED) is 0.401. The van der Waals surface area contributed by atoms with Crippen molar-refractivity contribution in [3.63, 3.8) is 0 Å². The van der Waals surface area contributed by atoms with Gasteiger partial charge < -0.3 is 15.5 Å². The molecule has 7 nitrogen and oxygen atoms in total. The molecule has 1 fully saturated rings. The van der Waals surface area contributed by atoms with Crippen LogP contribution in [-0.2, 0) is 10.0 Å². The average Bonchev–Trinajstić information content (AvgIpc) is 3.35. The van der Waals surface area contributed by atoms with Crippen molar-refractivity contribution in [3.05, 3.63) is 47.0 Å². The Bertz CT molecular complexity index is 1240. The van der Waals surface area contributed by atoms with E-state index in [2.05, 4.69) is 15.0 Å². The number of aliphatic hydroxyl groups excluding tert-OH is 2. The highest BCUT2D eigenvalue weighted by atomic mass is 32.2. The number of hydrogen-bond acceptors (Lipinski definition) is 7. The second-order valence-corrected chi connectivity index (χ2v) is 10.7. The van der Waals surface area contributed by atoms with Crippen LogP contribution in [0.3, 0.4) is 0 Å². The topological polar surface area (TPSA) is 112 Å². The third kappa shape index (κ3) is 4.10. The van der Waals surface area contributed by atoms with Gasteiger partial charge in [0.2, 0.25) is 10.0 Å². The first kappa shape index (κ1) is 21.9. The summed E-state index contributed by atoms with van der Waals surface area (Å²) in [6.07, 6.45) is -0.710. The van der Waals surface area contributed by atoms with Crippen LogP contribution in [-0.4, -0.2) is 41.1 Å². The number of aliphatic hydroxyl groups is 2. The van der Waals surface area contributed by atoms with Gasteiger partial charge in [0.05, 0.1) is 39.0 Å². The Balaban J connectivity index is 1.76. The summed E-state index contributed by atoms with van der Waals surface area (Å²) < 4.78 is 57.4. The highest BCUT2D eigenvalue weighted by Gasteiger charge is 2.55. The van der Waals surface area contributed by atoms with E-state index >= 15 is 4.39 Å². The van der Waals surface area contributed by atoms with Crippen molar-refractivity contribution >= 4 is 48.6 Å². The molecule has 1 aliphatic carbocycles. The maximum absolute atomic E-state index is 15.3. The highest BCUT2D eigenvalue weighted by molar-refractivity contribution is 7.94. The van der Waals surface area contributed by atoms with Crippen LogP contribution in [0, 0.1) is 18.6 Å². The Morgan fingerprint density at radius 3 is 2.65 bits per heavy atom. The van der Waals surface area contributed by atoms with Crippen molar-refractivity contribution < 1.29 is 27.4 Å². The SMILES string of the molecule is Cc1ccc(Nc2c(NS(=O)(=O)C3(CC(O)CO)CC3)cc3scnc3c2F)c(F)c1. The summed E-state index contributed by atoms with van der Waals surface area (Å²) in [5, 5.41) is 21.5. The van der Waals surface area contributed by atoms with Crippen molar-refractivity contribution in [1.29, 1.82) is 0 Å². The van der Waals surface area contributed by atoms with Gasteiger partial charge in [-0.2, -0.15) is 0 Å². The molecule has 0 saturated heterocycles. The number of benzene rings is 2. The van der Waals surface area contributed by atoms with E-state index in [1.165, 1.54) is 23.7 Å². The molecular formula is C20H21F2N3O4S2. The van der Waals surface area contributed by atoms with Crippen molar-refractivity contribution in [1.82, 2.24) is 4.98 Å². The molecule has 1 saturated carbocycles. The smallest absolute Gasteiger partial charge is 0.238 e. The molecule has 1 aliphatic rings. The van der Waals surface area contributed by atoms with Crippen LogP contribution < -0.4 is 10.0 Å². The molecule has 0 spiro atoms. The third-order valence-electron chi connectivity index (χ3n) is 5.39. The number of hydrogen-bond donors (Lipinski definition) is 4. The fourth-order valence-electron chi connectivity index (χ4n) is 3.49. The second-order valence-electron chi connectivity index (χ2n) is 7.75. The number of fused-ring (bicyclic) bond motifs is 1. The number of anilines is 3. The summed E-state index contributed by atoms with van der Waals surface area (Å²) in [5.74, 6) is -1.42. The van der Waals surface area contributed by atoms with Gasteiger partial charge in [0.25, 0.3) is 0 Å². The Morgan fingerprint density at radius 2 is 2.00 bits per heavy atom. The average molecular weight is 470 g/mol. The summed E-state index contributed by atoms with van der Waals surface area (Å²) in [6, 6.07) is 5.80. The zero-order chi connectivity index (χ0) is 22.4. The van der Waals surface area contributed by atoms with Gasteiger partial charge in [-0.1, -0.05) is 6.07 Å². The molecule has 0 bridgehead atoms. The molecule has 4 rings (SSSR count). The lowest BCUT2D eigenvalue weighted by atomic mass is 10.2. The minimum atomic E-state index is -4.04. The van der Waals surface area contributed by atoms with E-state index in [4.69, 9.17) is 5.11 Å². The molecule has 4 N–H and O–H groups in total. The van der Waals surface area contributed by atoms with E-state index in [0.717, 1.165) is 11.3 Å². The molecule has 0 amide bonds. The second kappa shape index (κ2) is 7.97. The normalized spacial score (nSPS) is 16.3. The first-order valence-electron chi connectivity index (χ1n) is 9.56. The number of nitrogens with zero attached hydrogens (tertiary/aromatic N) is 1. The zero-order valence-corrected chi connectivity index (χ0v) is 18.2. The van der Waals surface area contributed by atoms with Crippen LogP contribution in [0.5, 0.6) is 0 Å². The predicted octanol–water partition coefficient (Wildman–Crippen LogP) is 3.64. The van der Waals surface area contributed by atoms with Crippen LogP contribution in [0.25, 0.3) is 10.2 Å². The van der Waals surface area contributed by atoms with Gasteiger partial charge in [0.15, 0.2) is 5.82 Å². The van der Waals surface area contributed by atoms with Gasteiger partial charge in [0.1, 0.15) is 17.0 Å². The van der Waals surface area contributed by atoms with Gasteiger partial charge >= 0.3 is 0 Å². The number of halogens is 2. The number of thiazole rings is 1. The predicted molar refractivity (Wildman–Crippen MR) is 116 cm³/mol. The third-order valence-corrected chi connectivity index (χ3v) is 8.37. The van der Waals surface area contributed by atoms with E-state index in [0.29, 0.717) is 23.1 Å². The maximum atomic E-state index is 15.3. The maximum Gasteiger partial charge on any atom is 0.238 e. The van der Waals surface area contributed by atoms with Crippen molar-refractivity contribution in [2.75, 3.05) is 16.6 Å². The first-order valence-corrected chi connectivity index (χ1v) is 11.9. The lowest BCUT2D eigenvalue weighted by molar-refractivity contribution is 0.0858. The standard InChI is InChI=1S/C20H21F2N3O4S2/c1-11-2-3-14(13(21)6-11)24-18-15(7-16-19(17(18)22)23-10-30-16)25-31(28,29)20(4-5-20)8-12(27)9-26/h2-3,6-7,10,12,24-27H,4-5,8-9H2,1H3. The van der Waals surface area contributed by atoms with Gasteiger partial charge in [-0.05, 0) is 49.9 Å². The number of sulfonamides is 1. The van der Waals surface area contributed by atoms with Crippen LogP contribution in [0.1, 0.15) is 24.8 Å². The van der Waals surface area contributed by atoms with Crippen LogP contribution >= 0.6 is 11.3 Å². The number of rotatable bonds is 8. The summed E-state index contributed by atoms with van der Waals surface area (Å²) in [4.78, 5) is 3.98. The van der Waals surface area contributed by atoms with Crippen molar-refractivity contribution in [2.24, 2.45) is 0 Å². The van der Waals surface area contributed by atoms with Gasteiger partial charge in [-0.3, -0.25) is 4.72 Å². The molecule has 0 radical (unpaired) electrons.